The Morgan fingerprint density at radius 3 is 2.95 bits per heavy atom. The predicted octanol–water partition coefficient (Wildman–Crippen LogP) is 2.40. The Labute approximate surface area is 131 Å². The van der Waals surface area contributed by atoms with Crippen LogP contribution in [0.1, 0.15) is 25.3 Å². The number of nitrogens with one attached hydrogen (secondary N) is 1. The largest absolute Gasteiger partial charge is 0.376 e. The number of imide groups is 1. The van der Waals surface area contributed by atoms with E-state index in [1.165, 1.54) is 4.90 Å². The topological polar surface area (TPSA) is 58.6 Å². The van der Waals surface area contributed by atoms with Crippen LogP contribution >= 0.6 is 15.9 Å². The van der Waals surface area contributed by atoms with Gasteiger partial charge in [0, 0.05) is 11.1 Å². The van der Waals surface area contributed by atoms with E-state index in [0.717, 1.165) is 22.9 Å². The molecule has 1 aromatic carbocycles. The van der Waals surface area contributed by atoms with E-state index >= 15 is 0 Å². The molecule has 2 heterocycles. The highest BCUT2D eigenvalue weighted by Crippen LogP contribution is 2.31. The molecule has 0 saturated carbocycles. The minimum absolute atomic E-state index is 0.0374. The van der Waals surface area contributed by atoms with Crippen molar-refractivity contribution >= 4 is 27.9 Å². The van der Waals surface area contributed by atoms with Gasteiger partial charge in [-0.1, -0.05) is 28.1 Å². The number of ether oxygens (including phenoxy) is 1. The summed E-state index contributed by atoms with van der Waals surface area (Å²) in [5.74, 6) is -0.221. The van der Waals surface area contributed by atoms with Gasteiger partial charge in [0.15, 0.2) is 0 Å². The molecule has 2 saturated heterocycles. The van der Waals surface area contributed by atoms with Crippen LogP contribution in [0.5, 0.6) is 0 Å². The van der Waals surface area contributed by atoms with Crippen molar-refractivity contribution < 1.29 is 14.3 Å². The minimum atomic E-state index is -1.01. The number of hydrogen-bond acceptors (Lipinski definition) is 3. The molecule has 1 aromatic rings. The van der Waals surface area contributed by atoms with Gasteiger partial charge in [-0.05, 0) is 37.5 Å². The molecular formula is C15H17BrN2O3. The zero-order valence-electron chi connectivity index (χ0n) is 11.8. The summed E-state index contributed by atoms with van der Waals surface area (Å²) >= 11 is 3.40. The van der Waals surface area contributed by atoms with E-state index in [4.69, 9.17) is 4.74 Å². The molecule has 0 spiro atoms. The number of hydrogen-bond donors (Lipinski definition) is 1. The molecule has 1 N–H and O–H groups in total. The molecule has 6 heteroatoms. The number of benzene rings is 1. The molecule has 0 radical (unpaired) electrons. The summed E-state index contributed by atoms with van der Waals surface area (Å²) in [4.78, 5) is 26.2. The van der Waals surface area contributed by atoms with Gasteiger partial charge in [-0.3, -0.25) is 9.69 Å². The van der Waals surface area contributed by atoms with Crippen LogP contribution < -0.4 is 5.32 Å². The molecular weight excluding hydrogens is 336 g/mol. The first-order valence-corrected chi connectivity index (χ1v) is 7.82. The van der Waals surface area contributed by atoms with Crippen LogP contribution in [0, 0.1) is 0 Å². The lowest BCUT2D eigenvalue weighted by atomic mass is 9.92. The molecule has 112 valence electrons. The standard InChI is InChI=1S/C15H17BrN2O3/c1-15(10-4-2-5-11(16)8-10)13(19)18(14(20)17-15)9-12-6-3-7-21-12/h2,4-5,8,12H,3,6-7,9H2,1H3,(H,17,20)/t12-,15-/m1/s1. The first kappa shape index (κ1) is 14.5. The van der Waals surface area contributed by atoms with E-state index < -0.39 is 5.54 Å². The van der Waals surface area contributed by atoms with Crippen LogP contribution in [0.3, 0.4) is 0 Å². The van der Waals surface area contributed by atoms with Crippen LogP contribution in [0.2, 0.25) is 0 Å². The number of rotatable bonds is 3. The molecule has 2 aliphatic rings. The SMILES string of the molecule is C[C@]1(c2cccc(Br)c2)NC(=O)N(C[C@H]2CCCO2)C1=O. The van der Waals surface area contributed by atoms with Crippen molar-refractivity contribution in [3.05, 3.63) is 34.3 Å². The summed E-state index contributed by atoms with van der Waals surface area (Å²) in [5, 5.41) is 2.81. The zero-order chi connectivity index (χ0) is 15.0. The van der Waals surface area contributed by atoms with Gasteiger partial charge in [-0.25, -0.2) is 4.79 Å². The Hall–Kier alpha value is -1.40. The van der Waals surface area contributed by atoms with E-state index in [2.05, 4.69) is 21.2 Å². The fourth-order valence-corrected chi connectivity index (χ4v) is 3.25. The van der Waals surface area contributed by atoms with Crippen molar-refractivity contribution in [3.63, 3.8) is 0 Å². The number of urea groups is 1. The second-order valence-corrected chi connectivity index (χ2v) is 6.53. The molecule has 2 atom stereocenters. The summed E-state index contributed by atoms with van der Waals surface area (Å²) < 4.78 is 6.40. The van der Waals surface area contributed by atoms with Crippen molar-refractivity contribution in [2.75, 3.05) is 13.2 Å². The van der Waals surface area contributed by atoms with Gasteiger partial charge < -0.3 is 10.1 Å². The van der Waals surface area contributed by atoms with E-state index in [9.17, 15) is 9.59 Å². The Bertz CT molecular complexity index is 586. The first-order valence-electron chi connectivity index (χ1n) is 7.02. The third-order valence-corrected chi connectivity index (χ3v) is 4.58. The van der Waals surface area contributed by atoms with Crippen molar-refractivity contribution in [2.45, 2.75) is 31.4 Å². The van der Waals surface area contributed by atoms with Crippen LogP contribution in [-0.2, 0) is 15.1 Å². The zero-order valence-corrected chi connectivity index (χ0v) is 13.4. The van der Waals surface area contributed by atoms with Crippen molar-refractivity contribution in [3.8, 4) is 0 Å². The van der Waals surface area contributed by atoms with E-state index in [0.29, 0.717) is 13.2 Å². The fraction of sp³-hybridized carbons (Fsp3) is 0.467. The summed E-state index contributed by atoms with van der Waals surface area (Å²) in [6.45, 7) is 2.77. The Kier molecular flexibility index (Phi) is 3.75. The lowest BCUT2D eigenvalue weighted by Crippen LogP contribution is -2.42. The van der Waals surface area contributed by atoms with Gasteiger partial charge in [0.05, 0.1) is 12.6 Å². The second-order valence-electron chi connectivity index (χ2n) is 5.62. The highest BCUT2D eigenvalue weighted by Gasteiger charge is 2.49. The van der Waals surface area contributed by atoms with Gasteiger partial charge in [0.1, 0.15) is 5.54 Å². The third kappa shape index (κ3) is 2.58. The number of carbonyl (C=O) groups is 2. The maximum absolute atomic E-state index is 12.7. The maximum Gasteiger partial charge on any atom is 0.325 e. The Balaban J connectivity index is 1.84. The average molecular weight is 353 g/mol. The van der Waals surface area contributed by atoms with Crippen LogP contribution in [0.25, 0.3) is 0 Å². The molecule has 3 amide bonds. The maximum atomic E-state index is 12.7. The molecule has 0 aromatic heterocycles. The molecule has 0 unspecified atom stereocenters. The molecule has 21 heavy (non-hydrogen) atoms. The normalized spacial score (nSPS) is 29.0. The van der Waals surface area contributed by atoms with Gasteiger partial charge in [-0.15, -0.1) is 0 Å². The lowest BCUT2D eigenvalue weighted by molar-refractivity contribution is -0.132. The van der Waals surface area contributed by atoms with Gasteiger partial charge >= 0.3 is 6.03 Å². The van der Waals surface area contributed by atoms with Gasteiger partial charge in [0.25, 0.3) is 5.91 Å². The Morgan fingerprint density at radius 1 is 1.48 bits per heavy atom. The summed E-state index contributed by atoms with van der Waals surface area (Å²) in [6, 6.07) is 7.09. The van der Waals surface area contributed by atoms with E-state index in [1.54, 1.807) is 6.92 Å². The highest BCUT2D eigenvalue weighted by atomic mass is 79.9. The van der Waals surface area contributed by atoms with Crippen molar-refractivity contribution in [2.24, 2.45) is 0 Å². The molecule has 2 aliphatic heterocycles. The quantitative estimate of drug-likeness (QED) is 0.849. The average Bonchev–Trinajstić information content (AvgIpc) is 3.03. The summed E-state index contributed by atoms with van der Waals surface area (Å²) in [6.07, 6.45) is 1.84. The number of halogens is 1. The van der Waals surface area contributed by atoms with Gasteiger partial charge in [0.2, 0.25) is 0 Å². The summed E-state index contributed by atoms with van der Waals surface area (Å²) in [5.41, 5.74) is -0.246. The number of carbonyl (C=O) groups excluding carboxylic acids is 2. The fourth-order valence-electron chi connectivity index (χ4n) is 2.85. The van der Waals surface area contributed by atoms with Crippen LogP contribution in [0.4, 0.5) is 4.79 Å². The molecule has 0 aliphatic carbocycles. The van der Waals surface area contributed by atoms with Crippen molar-refractivity contribution in [1.29, 1.82) is 0 Å². The van der Waals surface area contributed by atoms with Crippen molar-refractivity contribution in [1.82, 2.24) is 10.2 Å². The number of amides is 3. The first-order chi connectivity index (χ1) is 10.0. The molecule has 5 nitrogen and oxygen atoms in total. The molecule has 2 fully saturated rings. The van der Waals surface area contributed by atoms with Gasteiger partial charge in [-0.2, -0.15) is 0 Å². The molecule has 0 bridgehead atoms. The predicted molar refractivity (Wildman–Crippen MR) is 80.7 cm³/mol. The third-order valence-electron chi connectivity index (χ3n) is 4.09. The minimum Gasteiger partial charge on any atom is -0.376 e. The smallest absolute Gasteiger partial charge is 0.325 e. The number of nitrogens with zero attached hydrogens (tertiary/aromatic N) is 1. The second kappa shape index (κ2) is 5.42. The van der Waals surface area contributed by atoms with E-state index in [1.807, 2.05) is 24.3 Å². The van der Waals surface area contributed by atoms with Crippen LogP contribution in [0.15, 0.2) is 28.7 Å². The monoisotopic (exact) mass is 352 g/mol. The Morgan fingerprint density at radius 2 is 2.29 bits per heavy atom. The summed E-state index contributed by atoms with van der Waals surface area (Å²) in [7, 11) is 0. The highest BCUT2D eigenvalue weighted by molar-refractivity contribution is 9.10. The van der Waals surface area contributed by atoms with Crippen LogP contribution in [-0.4, -0.2) is 36.1 Å². The molecule has 3 rings (SSSR count). The van der Waals surface area contributed by atoms with E-state index in [-0.39, 0.29) is 18.0 Å². The lowest BCUT2D eigenvalue weighted by Gasteiger charge is -2.23.